The van der Waals surface area contributed by atoms with Crippen molar-refractivity contribution >= 4 is 17.5 Å². The number of nitrogens with one attached hydrogen (secondary N) is 1. The Kier molecular flexibility index (Phi) is 5.19. The van der Waals surface area contributed by atoms with E-state index in [0.29, 0.717) is 0 Å². The van der Waals surface area contributed by atoms with Gasteiger partial charge in [0.15, 0.2) is 0 Å². The molecule has 2 aromatic carbocycles. The van der Waals surface area contributed by atoms with Crippen molar-refractivity contribution in [2.45, 2.75) is 33.2 Å². The first-order valence-corrected chi connectivity index (χ1v) is 7.63. The van der Waals surface area contributed by atoms with Crippen LogP contribution in [0.5, 0.6) is 0 Å². The van der Waals surface area contributed by atoms with Crippen LogP contribution < -0.4 is 5.32 Å². The minimum Gasteiger partial charge on any atom is -0.345 e. The molecule has 2 aromatic rings. The number of carbonyl (C=O) groups excluding carboxylic acids is 1. The molecule has 0 fully saturated rings. The molecule has 0 aliphatic carbocycles. The molecule has 0 saturated heterocycles. The van der Waals surface area contributed by atoms with E-state index < -0.39 is 11.7 Å². The van der Waals surface area contributed by atoms with Gasteiger partial charge in [0.25, 0.3) is 5.91 Å². The van der Waals surface area contributed by atoms with Crippen molar-refractivity contribution < 1.29 is 9.18 Å². The number of benzene rings is 2. The van der Waals surface area contributed by atoms with Crippen molar-refractivity contribution in [1.29, 1.82) is 0 Å². The smallest absolute Gasteiger partial charge is 0.254 e. The molecule has 1 amide bonds. The van der Waals surface area contributed by atoms with E-state index in [9.17, 15) is 9.18 Å². The summed E-state index contributed by atoms with van der Waals surface area (Å²) in [6, 6.07) is 10.0. The van der Waals surface area contributed by atoms with Crippen LogP contribution in [-0.4, -0.2) is 5.91 Å². The average molecular weight is 320 g/mol. The predicted molar refractivity (Wildman–Crippen MR) is 87.8 cm³/mol. The fourth-order valence-electron chi connectivity index (χ4n) is 2.53. The highest BCUT2D eigenvalue weighted by Gasteiger charge is 2.18. The van der Waals surface area contributed by atoms with Crippen LogP contribution in [0.4, 0.5) is 4.39 Å². The molecular weight excluding hydrogens is 301 g/mol. The summed E-state index contributed by atoms with van der Waals surface area (Å²) in [6.45, 7) is 6.03. The third-order valence-corrected chi connectivity index (χ3v) is 3.93. The van der Waals surface area contributed by atoms with Crippen molar-refractivity contribution in [3.63, 3.8) is 0 Å². The monoisotopic (exact) mass is 319 g/mol. The summed E-state index contributed by atoms with van der Waals surface area (Å²) in [5.74, 6) is -1.04. The minimum atomic E-state index is -0.611. The van der Waals surface area contributed by atoms with Gasteiger partial charge in [-0.1, -0.05) is 42.3 Å². The van der Waals surface area contributed by atoms with Crippen molar-refractivity contribution in [3.05, 3.63) is 69.5 Å². The van der Waals surface area contributed by atoms with Crippen molar-refractivity contribution in [3.8, 4) is 0 Å². The molecule has 0 bridgehead atoms. The molecule has 1 atom stereocenters. The maximum atomic E-state index is 13.8. The number of hydrogen-bond donors (Lipinski definition) is 1. The Morgan fingerprint density at radius 3 is 2.55 bits per heavy atom. The van der Waals surface area contributed by atoms with Gasteiger partial charge < -0.3 is 5.32 Å². The molecule has 2 rings (SSSR count). The fraction of sp³-hybridized carbons (Fsp3) is 0.278. The van der Waals surface area contributed by atoms with Crippen LogP contribution in [0.3, 0.4) is 0 Å². The van der Waals surface area contributed by atoms with Gasteiger partial charge in [-0.05, 0) is 49.6 Å². The Morgan fingerprint density at radius 2 is 1.95 bits per heavy atom. The van der Waals surface area contributed by atoms with E-state index in [4.69, 9.17) is 11.6 Å². The van der Waals surface area contributed by atoms with E-state index in [1.54, 1.807) is 0 Å². The molecule has 0 spiro atoms. The number of halogens is 2. The average Bonchev–Trinajstić information content (AvgIpc) is 2.45. The van der Waals surface area contributed by atoms with Crippen molar-refractivity contribution in [2.24, 2.45) is 0 Å². The van der Waals surface area contributed by atoms with Gasteiger partial charge in [-0.2, -0.15) is 0 Å². The highest BCUT2D eigenvalue weighted by atomic mass is 35.5. The summed E-state index contributed by atoms with van der Waals surface area (Å²) in [5.41, 5.74) is 3.35. The van der Waals surface area contributed by atoms with E-state index in [1.807, 2.05) is 32.9 Å². The Labute approximate surface area is 135 Å². The molecule has 1 N–H and O–H groups in total. The molecule has 0 saturated carbocycles. The predicted octanol–water partition coefficient (Wildman–Crippen LogP) is 4.98. The van der Waals surface area contributed by atoms with Crippen LogP contribution >= 0.6 is 11.6 Å². The first-order chi connectivity index (χ1) is 10.4. The molecule has 1 unspecified atom stereocenters. The first-order valence-electron chi connectivity index (χ1n) is 7.25. The third-order valence-electron chi connectivity index (χ3n) is 3.69. The van der Waals surface area contributed by atoms with Crippen LogP contribution in [0.25, 0.3) is 0 Å². The lowest BCUT2D eigenvalue weighted by atomic mass is 9.97. The van der Waals surface area contributed by atoms with Gasteiger partial charge in [0.2, 0.25) is 0 Å². The lowest BCUT2D eigenvalue weighted by molar-refractivity contribution is 0.0931. The van der Waals surface area contributed by atoms with Crippen LogP contribution in [0, 0.1) is 19.7 Å². The second kappa shape index (κ2) is 6.93. The number of hydrogen-bond acceptors (Lipinski definition) is 1. The molecule has 0 radical (unpaired) electrons. The highest BCUT2D eigenvalue weighted by Crippen LogP contribution is 2.23. The van der Waals surface area contributed by atoms with Gasteiger partial charge >= 0.3 is 0 Å². The van der Waals surface area contributed by atoms with Gasteiger partial charge in [0.05, 0.1) is 11.6 Å². The zero-order chi connectivity index (χ0) is 16.3. The summed E-state index contributed by atoms with van der Waals surface area (Å²) < 4.78 is 13.8. The van der Waals surface area contributed by atoms with E-state index in [2.05, 4.69) is 11.4 Å². The van der Waals surface area contributed by atoms with Crippen LogP contribution in [0.2, 0.25) is 5.02 Å². The molecule has 4 heteroatoms. The van der Waals surface area contributed by atoms with Crippen molar-refractivity contribution in [2.75, 3.05) is 0 Å². The summed E-state index contributed by atoms with van der Waals surface area (Å²) in [6.07, 6.45) is 0.727. The Balaban J connectivity index is 2.24. The number of carbonyl (C=O) groups is 1. The van der Waals surface area contributed by atoms with Crippen molar-refractivity contribution in [1.82, 2.24) is 5.32 Å². The van der Waals surface area contributed by atoms with Crippen LogP contribution in [0.15, 0.2) is 36.4 Å². The second-order valence-electron chi connectivity index (χ2n) is 5.42. The number of aryl methyl sites for hydroxylation is 2. The molecular formula is C18H19ClFNO. The van der Waals surface area contributed by atoms with Gasteiger partial charge in [0, 0.05) is 5.02 Å². The highest BCUT2D eigenvalue weighted by molar-refractivity contribution is 6.30. The first kappa shape index (κ1) is 16.5. The standard InChI is InChI=1S/C18H19ClFNO/c1-4-17(14-7-5-11(2)9-12(14)3)21-18(22)15-8-6-13(19)10-16(15)20/h5-10,17H,4H2,1-3H3,(H,21,22). The lowest BCUT2D eigenvalue weighted by Gasteiger charge is -2.20. The van der Waals surface area contributed by atoms with Gasteiger partial charge in [-0.3, -0.25) is 4.79 Å². The summed E-state index contributed by atoms with van der Waals surface area (Å²) in [7, 11) is 0. The molecule has 116 valence electrons. The Bertz CT molecular complexity index is 699. The summed E-state index contributed by atoms with van der Waals surface area (Å²) in [4.78, 5) is 12.3. The Morgan fingerprint density at radius 1 is 1.23 bits per heavy atom. The zero-order valence-electron chi connectivity index (χ0n) is 12.9. The second-order valence-corrected chi connectivity index (χ2v) is 5.85. The zero-order valence-corrected chi connectivity index (χ0v) is 13.7. The number of rotatable bonds is 4. The normalized spacial score (nSPS) is 12.0. The maximum absolute atomic E-state index is 13.8. The lowest BCUT2D eigenvalue weighted by Crippen LogP contribution is -2.29. The molecule has 2 nitrogen and oxygen atoms in total. The van der Waals surface area contributed by atoms with E-state index >= 15 is 0 Å². The van der Waals surface area contributed by atoms with E-state index in [-0.39, 0.29) is 16.6 Å². The fourth-order valence-corrected chi connectivity index (χ4v) is 2.68. The minimum absolute atomic E-state index is 0.00705. The molecule has 0 aliphatic heterocycles. The molecule has 0 aromatic heterocycles. The Hall–Kier alpha value is -1.87. The summed E-state index contributed by atoms with van der Waals surface area (Å²) in [5, 5.41) is 3.17. The van der Waals surface area contributed by atoms with Crippen LogP contribution in [-0.2, 0) is 0 Å². The number of amides is 1. The van der Waals surface area contributed by atoms with Crippen LogP contribution in [0.1, 0.15) is 46.4 Å². The largest absolute Gasteiger partial charge is 0.345 e. The SMILES string of the molecule is CCC(NC(=O)c1ccc(Cl)cc1F)c1ccc(C)cc1C. The topological polar surface area (TPSA) is 29.1 Å². The maximum Gasteiger partial charge on any atom is 0.254 e. The van der Waals surface area contributed by atoms with Gasteiger partial charge in [-0.15, -0.1) is 0 Å². The molecule has 22 heavy (non-hydrogen) atoms. The molecule has 0 heterocycles. The van der Waals surface area contributed by atoms with Gasteiger partial charge in [0.1, 0.15) is 5.82 Å². The summed E-state index contributed by atoms with van der Waals surface area (Å²) >= 11 is 5.71. The van der Waals surface area contributed by atoms with E-state index in [1.165, 1.54) is 17.7 Å². The quantitative estimate of drug-likeness (QED) is 0.846. The molecule has 0 aliphatic rings. The van der Waals surface area contributed by atoms with E-state index in [0.717, 1.165) is 23.6 Å². The van der Waals surface area contributed by atoms with Gasteiger partial charge in [-0.25, -0.2) is 4.39 Å². The third kappa shape index (κ3) is 3.66.